The average molecular weight is 316 g/mol. The fourth-order valence-corrected chi connectivity index (χ4v) is 2.20. The number of anilines is 2. The highest BCUT2D eigenvalue weighted by molar-refractivity contribution is 6.35. The molecule has 2 aromatic rings. The SMILES string of the molecule is O=C(Nc1cccc(Cl)c1)Nc1cc(Cl)cc(Cl)c1. The van der Waals surface area contributed by atoms with Gasteiger partial charge < -0.3 is 10.6 Å². The minimum Gasteiger partial charge on any atom is -0.308 e. The summed E-state index contributed by atoms with van der Waals surface area (Å²) < 4.78 is 0. The van der Waals surface area contributed by atoms with Gasteiger partial charge in [-0.3, -0.25) is 0 Å². The minimum atomic E-state index is -0.402. The normalized spacial score (nSPS) is 10.1. The van der Waals surface area contributed by atoms with Gasteiger partial charge in [-0.15, -0.1) is 0 Å². The summed E-state index contributed by atoms with van der Waals surface area (Å²) in [4.78, 5) is 11.8. The van der Waals surface area contributed by atoms with Crippen molar-refractivity contribution in [1.29, 1.82) is 0 Å². The van der Waals surface area contributed by atoms with Crippen molar-refractivity contribution in [3.05, 3.63) is 57.5 Å². The summed E-state index contributed by atoms with van der Waals surface area (Å²) in [6, 6.07) is 11.2. The first-order valence-corrected chi connectivity index (χ1v) is 6.46. The topological polar surface area (TPSA) is 41.1 Å². The van der Waals surface area contributed by atoms with E-state index < -0.39 is 6.03 Å². The fourth-order valence-electron chi connectivity index (χ4n) is 1.49. The molecule has 0 atom stereocenters. The van der Waals surface area contributed by atoms with Crippen LogP contribution < -0.4 is 10.6 Å². The molecule has 98 valence electrons. The van der Waals surface area contributed by atoms with E-state index in [1.807, 2.05) is 0 Å². The lowest BCUT2D eigenvalue weighted by Gasteiger charge is -2.08. The summed E-state index contributed by atoms with van der Waals surface area (Å²) >= 11 is 17.5. The van der Waals surface area contributed by atoms with Gasteiger partial charge in [-0.25, -0.2) is 4.79 Å². The lowest BCUT2D eigenvalue weighted by atomic mass is 10.3. The van der Waals surface area contributed by atoms with Gasteiger partial charge in [0.1, 0.15) is 0 Å². The molecule has 0 unspecified atom stereocenters. The predicted molar refractivity (Wildman–Crippen MR) is 80.6 cm³/mol. The van der Waals surface area contributed by atoms with E-state index >= 15 is 0 Å². The average Bonchev–Trinajstić information content (AvgIpc) is 2.26. The van der Waals surface area contributed by atoms with Crippen LogP contribution in [0.1, 0.15) is 0 Å². The van der Waals surface area contributed by atoms with Crippen LogP contribution in [0.3, 0.4) is 0 Å². The third-order valence-corrected chi connectivity index (χ3v) is 2.87. The number of amides is 2. The van der Waals surface area contributed by atoms with Gasteiger partial charge in [0, 0.05) is 26.4 Å². The molecular weight excluding hydrogens is 307 g/mol. The Balaban J connectivity index is 2.05. The molecule has 0 radical (unpaired) electrons. The molecule has 0 fully saturated rings. The molecule has 3 nitrogen and oxygen atoms in total. The molecule has 19 heavy (non-hydrogen) atoms. The van der Waals surface area contributed by atoms with Gasteiger partial charge in [0.2, 0.25) is 0 Å². The highest BCUT2D eigenvalue weighted by atomic mass is 35.5. The van der Waals surface area contributed by atoms with E-state index in [1.165, 1.54) is 0 Å². The number of carbonyl (C=O) groups is 1. The summed E-state index contributed by atoms with van der Waals surface area (Å²) in [6.45, 7) is 0. The first-order chi connectivity index (χ1) is 9.02. The first-order valence-electron chi connectivity index (χ1n) is 5.32. The van der Waals surface area contributed by atoms with Crippen LogP contribution in [0.15, 0.2) is 42.5 Å². The largest absolute Gasteiger partial charge is 0.323 e. The number of urea groups is 1. The van der Waals surface area contributed by atoms with Crippen molar-refractivity contribution < 1.29 is 4.79 Å². The van der Waals surface area contributed by atoms with Gasteiger partial charge in [-0.2, -0.15) is 0 Å². The minimum absolute atomic E-state index is 0.402. The Morgan fingerprint density at radius 3 is 2.00 bits per heavy atom. The van der Waals surface area contributed by atoms with Crippen LogP contribution in [-0.2, 0) is 0 Å². The maximum Gasteiger partial charge on any atom is 0.323 e. The zero-order chi connectivity index (χ0) is 13.8. The van der Waals surface area contributed by atoms with E-state index in [1.54, 1.807) is 42.5 Å². The van der Waals surface area contributed by atoms with Gasteiger partial charge >= 0.3 is 6.03 Å². The first kappa shape index (κ1) is 14.0. The molecule has 2 rings (SSSR count). The van der Waals surface area contributed by atoms with Crippen LogP contribution in [0, 0.1) is 0 Å². The molecule has 2 amide bonds. The number of nitrogens with one attached hydrogen (secondary N) is 2. The number of benzene rings is 2. The van der Waals surface area contributed by atoms with Crippen molar-refractivity contribution in [2.75, 3.05) is 10.6 Å². The fraction of sp³-hybridized carbons (Fsp3) is 0. The van der Waals surface area contributed by atoms with Crippen LogP contribution in [0.5, 0.6) is 0 Å². The predicted octanol–water partition coefficient (Wildman–Crippen LogP) is 5.29. The molecule has 2 aromatic carbocycles. The number of hydrogen-bond acceptors (Lipinski definition) is 1. The van der Waals surface area contributed by atoms with Gasteiger partial charge in [0.15, 0.2) is 0 Å². The Bertz CT molecular complexity index is 596. The Kier molecular flexibility index (Phi) is 4.53. The highest BCUT2D eigenvalue weighted by Crippen LogP contribution is 2.22. The van der Waals surface area contributed by atoms with Crippen molar-refractivity contribution in [3.8, 4) is 0 Å². The quantitative estimate of drug-likeness (QED) is 0.776. The number of rotatable bonds is 2. The number of carbonyl (C=O) groups excluding carboxylic acids is 1. The smallest absolute Gasteiger partial charge is 0.308 e. The lowest BCUT2D eigenvalue weighted by Crippen LogP contribution is -2.19. The zero-order valence-corrected chi connectivity index (χ0v) is 11.9. The molecule has 0 spiro atoms. The molecule has 2 N–H and O–H groups in total. The van der Waals surface area contributed by atoms with Crippen molar-refractivity contribution in [2.45, 2.75) is 0 Å². The molecule has 6 heteroatoms. The van der Waals surface area contributed by atoms with E-state index in [0.29, 0.717) is 26.4 Å². The Morgan fingerprint density at radius 2 is 1.37 bits per heavy atom. The molecule has 0 aliphatic heterocycles. The third-order valence-electron chi connectivity index (χ3n) is 2.20. The second-order valence-corrected chi connectivity index (χ2v) is 5.06. The van der Waals surface area contributed by atoms with E-state index in [-0.39, 0.29) is 0 Å². The van der Waals surface area contributed by atoms with E-state index in [2.05, 4.69) is 10.6 Å². The molecule has 0 heterocycles. The van der Waals surface area contributed by atoms with Gasteiger partial charge in [-0.05, 0) is 36.4 Å². The molecule has 0 aliphatic carbocycles. The second kappa shape index (κ2) is 6.15. The maximum absolute atomic E-state index is 11.8. The monoisotopic (exact) mass is 314 g/mol. The summed E-state index contributed by atoms with van der Waals surface area (Å²) in [6.07, 6.45) is 0. The van der Waals surface area contributed by atoms with Gasteiger partial charge in [-0.1, -0.05) is 40.9 Å². The van der Waals surface area contributed by atoms with E-state index in [0.717, 1.165) is 0 Å². The van der Waals surface area contributed by atoms with Crippen molar-refractivity contribution >= 4 is 52.2 Å². The van der Waals surface area contributed by atoms with E-state index in [9.17, 15) is 4.79 Å². The van der Waals surface area contributed by atoms with E-state index in [4.69, 9.17) is 34.8 Å². The molecule has 0 saturated heterocycles. The second-order valence-electron chi connectivity index (χ2n) is 3.75. The summed E-state index contributed by atoms with van der Waals surface area (Å²) in [5.41, 5.74) is 1.11. The highest BCUT2D eigenvalue weighted by Gasteiger charge is 2.04. The van der Waals surface area contributed by atoms with Crippen molar-refractivity contribution in [2.24, 2.45) is 0 Å². The molecule has 0 aliphatic rings. The molecule has 0 aromatic heterocycles. The summed E-state index contributed by atoms with van der Waals surface area (Å²) in [5, 5.41) is 6.72. The van der Waals surface area contributed by atoms with Crippen LogP contribution in [0.2, 0.25) is 15.1 Å². The van der Waals surface area contributed by atoms with Crippen molar-refractivity contribution in [3.63, 3.8) is 0 Å². The molecule has 0 saturated carbocycles. The lowest BCUT2D eigenvalue weighted by molar-refractivity contribution is 0.262. The van der Waals surface area contributed by atoms with Crippen molar-refractivity contribution in [1.82, 2.24) is 0 Å². The molecule has 0 bridgehead atoms. The molecular formula is C13H9Cl3N2O. The van der Waals surface area contributed by atoms with Gasteiger partial charge in [0.25, 0.3) is 0 Å². The Hall–Kier alpha value is -1.42. The number of halogens is 3. The maximum atomic E-state index is 11.8. The van der Waals surface area contributed by atoms with Crippen LogP contribution in [0.25, 0.3) is 0 Å². The number of hydrogen-bond donors (Lipinski definition) is 2. The zero-order valence-electron chi connectivity index (χ0n) is 9.58. The summed E-state index contributed by atoms with van der Waals surface area (Å²) in [5.74, 6) is 0. The van der Waals surface area contributed by atoms with Crippen LogP contribution in [0.4, 0.5) is 16.2 Å². The standard InChI is InChI=1S/C13H9Cl3N2O/c14-8-2-1-3-11(5-8)17-13(19)18-12-6-9(15)4-10(16)7-12/h1-7H,(H2,17,18,19). The van der Waals surface area contributed by atoms with Gasteiger partial charge in [0.05, 0.1) is 0 Å². The summed E-state index contributed by atoms with van der Waals surface area (Å²) in [7, 11) is 0. The third kappa shape index (κ3) is 4.31. The van der Waals surface area contributed by atoms with Crippen LogP contribution >= 0.6 is 34.8 Å². The Morgan fingerprint density at radius 1 is 0.789 bits per heavy atom. The Labute approximate surface area is 125 Å². The van der Waals surface area contributed by atoms with Crippen LogP contribution in [-0.4, -0.2) is 6.03 Å².